The topological polar surface area (TPSA) is 6.48 Å². The molecule has 0 saturated heterocycles. The average Bonchev–Trinajstić information content (AvgIpc) is 4.01. The van der Waals surface area contributed by atoms with Crippen LogP contribution in [0.2, 0.25) is 0 Å². The fourth-order valence-corrected chi connectivity index (χ4v) is 13.9. The highest BCUT2D eigenvalue weighted by molar-refractivity contribution is 7.30. The Balaban J connectivity index is 1.12. The summed E-state index contributed by atoms with van der Waals surface area (Å²) in [6.45, 7) is 6.88. The molecule has 10 aromatic rings. The van der Waals surface area contributed by atoms with E-state index in [4.69, 9.17) is 0 Å². The van der Waals surface area contributed by atoms with Gasteiger partial charge in [-0.25, -0.2) is 0 Å². The fraction of sp³-hybridized carbons (Fsp3) is 0.0794. The standard InChI is InChI=1S/C63H45BN2S/c1-39(2)43-37-56-59-57(38-43)66(45-23-11-6-12-24-45)60-58-49-27-15-18-30-53(49)63(51-28-16-13-25-47(51)48-26-14-17-29-52(48)63)61(58)67-62(60)64(59)54-34-32-42(36-55(54)65(56)44-21-9-5-10-22-44)50-35-40(3)31-33-46(50)41-19-7-4-8-20-41/h4-39H,1-3H3. The Kier molecular flexibility index (Phi) is 8.31. The van der Waals surface area contributed by atoms with Gasteiger partial charge in [-0.3, -0.25) is 0 Å². The average molecular weight is 873 g/mol. The van der Waals surface area contributed by atoms with Gasteiger partial charge in [0.15, 0.2) is 0 Å². The van der Waals surface area contributed by atoms with Crippen LogP contribution in [0.25, 0.3) is 44.5 Å². The van der Waals surface area contributed by atoms with E-state index in [0.717, 1.165) is 5.69 Å². The molecule has 9 aromatic carbocycles. The zero-order valence-electron chi connectivity index (χ0n) is 37.7. The van der Waals surface area contributed by atoms with Crippen LogP contribution in [0.3, 0.4) is 0 Å². The van der Waals surface area contributed by atoms with E-state index in [1.54, 1.807) is 0 Å². The van der Waals surface area contributed by atoms with Gasteiger partial charge in [0.1, 0.15) is 0 Å². The zero-order chi connectivity index (χ0) is 44.5. The molecule has 0 unspecified atom stereocenters. The number of aryl methyl sites for hydroxylation is 1. The molecule has 0 saturated carbocycles. The van der Waals surface area contributed by atoms with Gasteiger partial charge in [-0.1, -0.05) is 189 Å². The lowest BCUT2D eigenvalue weighted by atomic mass is 9.36. The van der Waals surface area contributed by atoms with Gasteiger partial charge in [0, 0.05) is 43.7 Å². The maximum Gasteiger partial charge on any atom is 0.264 e. The summed E-state index contributed by atoms with van der Waals surface area (Å²) in [6.07, 6.45) is 0. The van der Waals surface area contributed by atoms with Gasteiger partial charge in [-0.15, -0.1) is 11.3 Å². The second-order valence-electron chi connectivity index (χ2n) is 19.0. The molecule has 2 aliphatic carbocycles. The number of thiophene rings is 1. The smallest absolute Gasteiger partial charge is 0.264 e. The molecule has 0 N–H and O–H groups in total. The van der Waals surface area contributed by atoms with E-state index in [9.17, 15) is 0 Å². The molecule has 4 aliphatic rings. The van der Waals surface area contributed by atoms with Gasteiger partial charge in [0.05, 0.1) is 11.1 Å². The molecular weight excluding hydrogens is 828 g/mol. The Bertz CT molecular complexity index is 3600. The van der Waals surface area contributed by atoms with Crippen molar-refractivity contribution in [3.63, 3.8) is 0 Å². The minimum absolute atomic E-state index is 0.0111. The molecule has 4 heteroatoms. The Morgan fingerprint density at radius 2 is 1.01 bits per heavy atom. The summed E-state index contributed by atoms with van der Waals surface area (Å²) in [5.41, 5.74) is 26.6. The first kappa shape index (κ1) is 38.6. The van der Waals surface area contributed by atoms with Crippen molar-refractivity contribution in [2.75, 3.05) is 9.80 Å². The molecule has 2 nitrogen and oxygen atoms in total. The van der Waals surface area contributed by atoms with Crippen molar-refractivity contribution in [3.05, 3.63) is 245 Å². The highest BCUT2D eigenvalue weighted by atomic mass is 32.1. The second kappa shape index (κ2) is 14.4. The van der Waals surface area contributed by atoms with Crippen molar-refractivity contribution in [2.45, 2.75) is 32.1 Å². The molecule has 3 heterocycles. The Morgan fingerprint density at radius 1 is 0.463 bits per heavy atom. The van der Waals surface area contributed by atoms with E-state index < -0.39 is 5.41 Å². The molecule has 0 atom stereocenters. The molecule has 0 fully saturated rings. The minimum atomic E-state index is -0.446. The van der Waals surface area contributed by atoms with Gasteiger partial charge in [-0.05, 0) is 127 Å². The van der Waals surface area contributed by atoms with Crippen LogP contribution in [-0.4, -0.2) is 6.71 Å². The number of anilines is 6. The van der Waals surface area contributed by atoms with Crippen LogP contribution in [-0.2, 0) is 5.41 Å². The largest absolute Gasteiger partial charge is 0.311 e. The first-order chi connectivity index (χ1) is 33.0. The molecular formula is C63H45BN2S. The van der Waals surface area contributed by atoms with E-state index in [1.165, 1.54) is 121 Å². The van der Waals surface area contributed by atoms with Crippen molar-refractivity contribution < 1.29 is 0 Å². The van der Waals surface area contributed by atoms with Gasteiger partial charge in [-0.2, -0.15) is 0 Å². The number of hydrogen-bond donors (Lipinski definition) is 0. The van der Waals surface area contributed by atoms with Crippen LogP contribution in [0, 0.1) is 6.92 Å². The predicted octanol–water partition coefficient (Wildman–Crippen LogP) is 14.9. The zero-order valence-corrected chi connectivity index (χ0v) is 38.5. The molecule has 67 heavy (non-hydrogen) atoms. The van der Waals surface area contributed by atoms with Crippen molar-refractivity contribution >= 4 is 67.9 Å². The van der Waals surface area contributed by atoms with Crippen LogP contribution < -0.4 is 25.5 Å². The molecule has 1 aromatic heterocycles. The quantitative estimate of drug-likeness (QED) is 0.159. The molecule has 2 aliphatic heterocycles. The lowest BCUT2D eigenvalue weighted by Crippen LogP contribution is -2.60. The van der Waals surface area contributed by atoms with Crippen LogP contribution in [0.15, 0.2) is 212 Å². The van der Waals surface area contributed by atoms with Crippen molar-refractivity contribution in [1.82, 2.24) is 0 Å². The first-order valence-electron chi connectivity index (χ1n) is 23.7. The van der Waals surface area contributed by atoms with Gasteiger partial charge < -0.3 is 9.80 Å². The molecule has 316 valence electrons. The van der Waals surface area contributed by atoms with Crippen LogP contribution >= 0.6 is 11.3 Å². The maximum absolute atomic E-state index is 2.65. The van der Waals surface area contributed by atoms with Crippen LogP contribution in [0.1, 0.15) is 52.5 Å². The third kappa shape index (κ3) is 5.28. The number of para-hydroxylation sites is 2. The highest BCUT2D eigenvalue weighted by Gasteiger charge is 2.56. The van der Waals surface area contributed by atoms with Crippen molar-refractivity contribution in [1.29, 1.82) is 0 Å². The monoisotopic (exact) mass is 872 g/mol. The summed E-state index contributed by atoms with van der Waals surface area (Å²) >= 11 is 2.05. The van der Waals surface area contributed by atoms with Crippen molar-refractivity contribution in [2.24, 2.45) is 0 Å². The Labute approximate surface area is 397 Å². The first-order valence-corrected chi connectivity index (χ1v) is 24.5. The second-order valence-corrected chi connectivity index (χ2v) is 20.0. The summed E-state index contributed by atoms with van der Waals surface area (Å²) in [5, 5.41) is 0. The van der Waals surface area contributed by atoms with Gasteiger partial charge in [0.2, 0.25) is 0 Å². The third-order valence-corrected chi connectivity index (χ3v) is 16.4. The molecule has 14 rings (SSSR count). The Hall–Kier alpha value is -7.66. The van der Waals surface area contributed by atoms with Crippen molar-refractivity contribution in [3.8, 4) is 44.5 Å². The van der Waals surface area contributed by atoms with E-state index in [1.807, 2.05) is 0 Å². The Morgan fingerprint density at radius 3 is 1.66 bits per heavy atom. The molecule has 0 bridgehead atoms. The third-order valence-electron chi connectivity index (χ3n) is 15.1. The summed E-state index contributed by atoms with van der Waals surface area (Å²) in [4.78, 5) is 6.65. The van der Waals surface area contributed by atoms with Gasteiger partial charge in [0.25, 0.3) is 6.71 Å². The summed E-state index contributed by atoms with van der Waals surface area (Å²) < 4.78 is 1.40. The van der Waals surface area contributed by atoms with E-state index in [-0.39, 0.29) is 6.71 Å². The highest BCUT2D eigenvalue weighted by Crippen LogP contribution is 2.67. The summed E-state index contributed by atoms with van der Waals surface area (Å²) in [7, 11) is 0. The lowest BCUT2D eigenvalue weighted by Gasteiger charge is -2.44. The normalized spacial score (nSPS) is 14.1. The lowest BCUT2D eigenvalue weighted by molar-refractivity contribution is 0.811. The number of hydrogen-bond acceptors (Lipinski definition) is 3. The molecule has 1 spiro atoms. The van der Waals surface area contributed by atoms with E-state index in [2.05, 4.69) is 254 Å². The fourth-order valence-electron chi connectivity index (χ4n) is 12.2. The van der Waals surface area contributed by atoms with E-state index >= 15 is 0 Å². The SMILES string of the molecule is Cc1ccc(-c2ccccc2)c(-c2ccc3c(c2)N(c2ccccc2)c2cc(C(C)C)cc4c2B3c2sc3c(c2N4c2ccccc2)-c2ccccc2C32c3ccccc3-c3ccccc32)c1. The number of rotatable bonds is 5. The summed E-state index contributed by atoms with van der Waals surface area (Å²) in [6, 6.07) is 80.2. The summed E-state index contributed by atoms with van der Waals surface area (Å²) in [5.74, 6) is 0.300. The van der Waals surface area contributed by atoms with Crippen LogP contribution in [0.4, 0.5) is 34.1 Å². The molecule has 0 radical (unpaired) electrons. The predicted molar refractivity (Wildman–Crippen MR) is 284 cm³/mol. The van der Waals surface area contributed by atoms with E-state index in [0.29, 0.717) is 5.92 Å². The maximum atomic E-state index is 2.65. The van der Waals surface area contributed by atoms with Crippen LogP contribution in [0.5, 0.6) is 0 Å². The number of benzene rings is 9. The number of fused-ring (bicyclic) bond motifs is 15. The van der Waals surface area contributed by atoms with Gasteiger partial charge >= 0.3 is 0 Å². The molecule has 0 amide bonds. The minimum Gasteiger partial charge on any atom is -0.311 e. The number of nitrogens with zero attached hydrogens (tertiary/aromatic N) is 2.